The summed E-state index contributed by atoms with van der Waals surface area (Å²) < 4.78 is 0. The molecule has 0 aliphatic heterocycles. The number of nitrogen functional groups attached to an aromatic ring is 1. The highest BCUT2D eigenvalue weighted by Gasteiger charge is 2.21. The Kier molecular flexibility index (Phi) is 3.39. The second-order valence-electron chi connectivity index (χ2n) is 4.28. The van der Waals surface area contributed by atoms with Gasteiger partial charge >= 0.3 is 0 Å². The topological polar surface area (TPSA) is 102 Å². The maximum Gasteiger partial charge on any atom is 0.266 e. The van der Waals surface area contributed by atoms with Crippen LogP contribution in [-0.4, -0.2) is 35.3 Å². The number of carbonyl (C=O) groups excluding carboxylic acids is 2. The van der Waals surface area contributed by atoms with Crippen LogP contribution >= 0.6 is 11.3 Å². The van der Waals surface area contributed by atoms with Crippen molar-refractivity contribution in [2.45, 2.75) is 6.92 Å². The third-order valence-electron chi connectivity index (χ3n) is 2.77. The van der Waals surface area contributed by atoms with Gasteiger partial charge in [-0.25, -0.2) is 4.98 Å². The molecule has 0 aliphatic rings. The summed E-state index contributed by atoms with van der Waals surface area (Å²) >= 11 is 1.22. The normalized spacial score (nSPS) is 10.6. The SMILES string of the molecule is Cc1ccnc2sc(C(=O)N(C)CC(N)=O)c(N)c12. The second kappa shape index (κ2) is 4.85. The van der Waals surface area contributed by atoms with Gasteiger partial charge in [0.25, 0.3) is 5.91 Å². The van der Waals surface area contributed by atoms with E-state index in [1.807, 2.05) is 13.0 Å². The number of nitrogens with zero attached hydrogens (tertiary/aromatic N) is 2. The molecule has 0 spiro atoms. The first-order chi connectivity index (χ1) is 8.91. The monoisotopic (exact) mass is 278 g/mol. The predicted molar refractivity (Wildman–Crippen MR) is 74.9 cm³/mol. The Hall–Kier alpha value is -2.15. The van der Waals surface area contributed by atoms with Crippen LogP contribution in [-0.2, 0) is 4.79 Å². The molecule has 2 amide bonds. The van der Waals surface area contributed by atoms with E-state index in [2.05, 4.69) is 4.98 Å². The summed E-state index contributed by atoms with van der Waals surface area (Å²) in [5.41, 5.74) is 12.5. The summed E-state index contributed by atoms with van der Waals surface area (Å²) in [5, 5.41) is 0.795. The molecule has 100 valence electrons. The van der Waals surface area contributed by atoms with Gasteiger partial charge in [0, 0.05) is 18.6 Å². The van der Waals surface area contributed by atoms with Crippen molar-refractivity contribution in [2.24, 2.45) is 5.73 Å². The maximum absolute atomic E-state index is 12.2. The molecule has 19 heavy (non-hydrogen) atoms. The van der Waals surface area contributed by atoms with Crippen LogP contribution in [0.25, 0.3) is 10.2 Å². The van der Waals surface area contributed by atoms with Crippen molar-refractivity contribution in [1.82, 2.24) is 9.88 Å². The lowest BCUT2D eigenvalue weighted by Crippen LogP contribution is -2.35. The van der Waals surface area contributed by atoms with Crippen molar-refractivity contribution in [3.8, 4) is 0 Å². The van der Waals surface area contributed by atoms with Crippen molar-refractivity contribution >= 4 is 39.1 Å². The van der Waals surface area contributed by atoms with E-state index >= 15 is 0 Å². The van der Waals surface area contributed by atoms with E-state index in [1.54, 1.807) is 6.20 Å². The van der Waals surface area contributed by atoms with Gasteiger partial charge in [0.2, 0.25) is 5.91 Å². The van der Waals surface area contributed by atoms with Gasteiger partial charge in [-0.15, -0.1) is 11.3 Å². The van der Waals surface area contributed by atoms with E-state index < -0.39 is 5.91 Å². The summed E-state index contributed by atoms with van der Waals surface area (Å²) in [6, 6.07) is 1.84. The third kappa shape index (κ3) is 2.37. The molecule has 0 aliphatic carbocycles. The number of hydrogen-bond donors (Lipinski definition) is 2. The number of anilines is 1. The molecule has 2 rings (SSSR count). The molecule has 0 saturated carbocycles. The third-order valence-corrected chi connectivity index (χ3v) is 3.87. The van der Waals surface area contributed by atoms with E-state index in [-0.39, 0.29) is 12.5 Å². The molecule has 0 radical (unpaired) electrons. The smallest absolute Gasteiger partial charge is 0.266 e. The number of fused-ring (bicyclic) bond motifs is 1. The Morgan fingerprint density at radius 2 is 2.16 bits per heavy atom. The lowest BCUT2D eigenvalue weighted by atomic mass is 10.1. The quantitative estimate of drug-likeness (QED) is 0.864. The zero-order valence-corrected chi connectivity index (χ0v) is 11.5. The fourth-order valence-corrected chi connectivity index (χ4v) is 2.98. The van der Waals surface area contributed by atoms with Crippen LogP contribution in [0.15, 0.2) is 12.3 Å². The van der Waals surface area contributed by atoms with Gasteiger partial charge in [-0.3, -0.25) is 9.59 Å². The number of likely N-dealkylation sites (N-methyl/N-ethyl adjacent to an activating group) is 1. The fraction of sp³-hybridized carbons (Fsp3) is 0.250. The average molecular weight is 278 g/mol. The number of nitrogens with two attached hydrogens (primary N) is 2. The number of hydrogen-bond acceptors (Lipinski definition) is 5. The predicted octanol–water partition coefficient (Wildman–Crippen LogP) is 0.744. The summed E-state index contributed by atoms with van der Waals surface area (Å²) in [7, 11) is 1.51. The van der Waals surface area contributed by atoms with E-state index in [4.69, 9.17) is 11.5 Å². The lowest BCUT2D eigenvalue weighted by molar-refractivity contribution is -0.118. The van der Waals surface area contributed by atoms with Gasteiger partial charge < -0.3 is 16.4 Å². The largest absolute Gasteiger partial charge is 0.397 e. The molecule has 2 aromatic rings. The van der Waals surface area contributed by atoms with Gasteiger partial charge in [-0.1, -0.05) is 0 Å². The van der Waals surface area contributed by atoms with Gasteiger partial charge in [0.05, 0.1) is 12.2 Å². The summed E-state index contributed by atoms with van der Waals surface area (Å²) in [6.45, 7) is 1.77. The zero-order chi connectivity index (χ0) is 14.2. The molecule has 0 atom stereocenters. The minimum Gasteiger partial charge on any atom is -0.397 e. The second-order valence-corrected chi connectivity index (χ2v) is 5.28. The van der Waals surface area contributed by atoms with Crippen molar-refractivity contribution in [3.05, 3.63) is 22.7 Å². The Bertz CT molecular complexity index is 665. The number of rotatable bonds is 3. The first kappa shape index (κ1) is 13.3. The number of carbonyl (C=O) groups is 2. The summed E-state index contributed by atoms with van der Waals surface area (Å²) in [5.74, 6) is -0.886. The molecule has 0 bridgehead atoms. The van der Waals surface area contributed by atoms with Crippen LogP contribution in [0, 0.1) is 6.92 Å². The highest BCUT2D eigenvalue weighted by atomic mass is 32.1. The van der Waals surface area contributed by atoms with Crippen LogP contribution < -0.4 is 11.5 Å². The van der Waals surface area contributed by atoms with Gasteiger partial charge in [0.15, 0.2) is 0 Å². The van der Waals surface area contributed by atoms with Crippen LogP contribution in [0.2, 0.25) is 0 Å². The molecule has 4 N–H and O–H groups in total. The van der Waals surface area contributed by atoms with Crippen molar-refractivity contribution in [3.63, 3.8) is 0 Å². The molecule has 0 aromatic carbocycles. The molecule has 0 saturated heterocycles. The van der Waals surface area contributed by atoms with Gasteiger partial charge in [-0.05, 0) is 18.6 Å². The zero-order valence-electron chi connectivity index (χ0n) is 10.6. The highest BCUT2D eigenvalue weighted by Crippen LogP contribution is 2.34. The van der Waals surface area contributed by atoms with Crippen LogP contribution in [0.1, 0.15) is 15.2 Å². The van der Waals surface area contributed by atoms with E-state index in [1.165, 1.54) is 23.3 Å². The minimum atomic E-state index is -0.565. The maximum atomic E-state index is 12.2. The molecule has 0 unspecified atom stereocenters. The number of amides is 2. The molecule has 2 aromatic heterocycles. The Morgan fingerprint density at radius 1 is 1.47 bits per heavy atom. The van der Waals surface area contributed by atoms with Crippen molar-refractivity contribution in [2.75, 3.05) is 19.3 Å². The molecule has 6 nitrogen and oxygen atoms in total. The summed E-state index contributed by atoms with van der Waals surface area (Å²) in [6.07, 6.45) is 1.68. The van der Waals surface area contributed by atoms with Crippen molar-refractivity contribution < 1.29 is 9.59 Å². The highest BCUT2D eigenvalue weighted by molar-refractivity contribution is 7.21. The number of aryl methyl sites for hydroxylation is 1. The molecule has 2 heterocycles. The fourth-order valence-electron chi connectivity index (χ4n) is 1.84. The molecule has 7 heteroatoms. The number of pyridine rings is 1. The Balaban J connectivity index is 2.46. The first-order valence-electron chi connectivity index (χ1n) is 5.59. The van der Waals surface area contributed by atoms with Crippen LogP contribution in [0.4, 0.5) is 5.69 Å². The van der Waals surface area contributed by atoms with Gasteiger partial charge in [0.1, 0.15) is 9.71 Å². The average Bonchev–Trinajstić information content (AvgIpc) is 2.66. The Morgan fingerprint density at radius 3 is 2.74 bits per heavy atom. The standard InChI is InChI=1S/C12H14N4O2S/c1-6-3-4-15-11-8(6)9(14)10(19-11)12(18)16(2)5-7(13)17/h3-4H,5,14H2,1-2H3,(H2,13,17). The van der Waals surface area contributed by atoms with E-state index in [0.29, 0.717) is 15.4 Å². The summed E-state index contributed by atoms with van der Waals surface area (Å²) in [4.78, 5) is 29.6. The lowest BCUT2D eigenvalue weighted by Gasteiger charge is -2.14. The van der Waals surface area contributed by atoms with Crippen LogP contribution in [0.5, 0.6) is 0 Å². The molecule has 0 fully saturated rings. The molecular weight excluding hydrogens is 264 g/mol. The first-order valence-corrected chi connectivity index (χ1v) is 6.40. The number of aromatic nitrogens is 1. The van der Waals surface area contributed by atoms with Crippen molar-refractivity contribution in [1.29, 1.82) is 0 Å². The van der Waals surface area contributed by atoms with Crippen LogP contribution in [0.3, 0.4) is 0 Å². The van der Waals surface area contributed by atoms with Gasteiger partial charge in [-0.2, -0.15) is 0 Å². The number of thiophene rings is 1. The Labute approximate surface area is 114 Å². The number of primary amides is 1. The minimum absolute atomic E-state index is 0.140. The van der Waals surface area contributed by atoms with E-state index in [9.17, 15) is 9.59 Å². The van der Waals surface area contributed by atoms with E-state index in [0.717, 1.165) is 10.9 Å². The molecular formula is C12H14N4O2S.